The van der Waals surface area contributed by atoms with Crippen molar-refractivity contribution in [2.45, 2.75) is 20.3 Å². The molecule has 124 valence electrons. The molecule has 1 aromatic carbocycles. The molecule has 1 aliphatic heterocycles. The molecule has 5 nitrogen and oxygen atoms in total. The lowest BCUT2D eigenvalue weighted by Crippen LogP contribution is -2.26. The van der Waals surface area contributed by atoms with Crippen LogP contribution in [0, 0.1) is 0 Å². The van der Waals surface area contributed by atoms with Gasteiger partial charge < -0.3 is 15.4 Å². The second kappa shape index (κ2) is 8.26. The third-order valence-electron chi connectivity index (χ3n) is 3.18. The van der Waals surface area contributed by atoms with Gasteiger partial charge in [-0.25, -0.2) is 0 Å². The Morgan fingerprint density at radius 3 is 2.83 bits per heavy atom. The van der Waals surface area contributed by atoms with Crippen molar-refractivity contribution in [3.63, 3.8) is 0 Å². The first kappa shape index (κ1) is 17.7. The first-order chi connectivity index (χ1) is 11.0. The molecule has 0 aliphatic carbocycles. The molecule has 0 atom stereocenters. The van der Waals surface area contributed by atoms with E-state index in [0.29, 0.717) is 40.1 Å². The van der Waals surface area contributed by atoms with Gasteiger partial charge in [-0.2, -0.15) is 0 Å². The summed E-state index contributed by atoms with van der Waals surface area (Å²) in [4.78, 5) is 25.2. The Balaban J connectivity index is 2.22. The van der Waals surface area contributed by atoms with E-state index in [9.17, 15) is 9.59 Å². The summed E-state index contributed by atoms with van der Waals surface area (Å²) in [6.45, 7) is 4.89. The summed E-state index contributed by atoms with van der Waals surface area (Å²) >= 11 is 7.42. The average molecular weight is 355 g/mol. The number of rotatable bonds is 5. The Morgan fingerprint density at radius 2 is 2.13 bits per heavy atom. The summed E-state index contributed by atoms with van der Waals surface area (Å²) < 4.78 is 5.40. The van der Waals surface area contributed by atoms with Crippen molar-refractivity contribution in [3.05, 3.63) is 39.4 Å². The zero-order valence-electron chi connectivity index (χ0n) is 13.1. The lowest BCUT2D eigenvalue weighted by molar-refractivity contribution is -0.112. The summed E-state index contributed by atoms with van der Waals surface area (Å²) in [5.41, 5.74) is 0.777. The smallest absolute Gasteiger partial charge is 0.265 e. The Bertz CT molecular complexity index is 646. The fraction of sp³-hybridized carbons (Fsp3) is 0.375. The number of carbonyl (C=O) groups excluding carboxylic acids is 2. The van der Waals surface area contributed by atoms with E-state index in [1.54, 1.807) is 25.1 Å². The van der Waals surface area contributed by atoms with Crippen molar-refractivity contribution in [3.8, 4) is 0 Å². The van der Waals surface area contributed by atoms with Crippen LogP contribution >= 0.6 is 23.4 Å². The van der Waals surface area contributed by atoms with E-state index in [-0.39, 0.29) is 11.8 Å². The normalized spacial score (nSPS) is 14.2. The predicted octanol–water partition coefficient (Wildman–Crippen LogP) is 3.41. The van der Waals surface area contributed by atoms with E-state index in [1.165, 1.54) is 11.8 Å². The zero-order chi connectivity index (χ0) is 16.8. The van der Waals surface area contributed by atoms with Gasteiger partial charge in [0.1, 0.15) is 10.7 Å². The largest absolute Gasteiger partial charge is 0.496 e. The van der Waals surface area contributed by atoms with Crippen molar-refractivity contribution in [1.29, 1.82) is 0 Å². The van der Waals surface area contributed by atoms with Gasteiger partial charge in [-0.15, -0.1) is 11.8 Å². The molecule has 0 fully saturated rings. The number of anilines is 1. The number of halogens is 1. The van der Waals surface area contributed by atoms with Gasteiger partial charge in [-0.3, -0.25) is 9.59 Å². The van der Waals surface area contributed by atoms with E-state index >= 15 is 0 Å². The Kier molecular flexibility index (Phi) is 6.36. The Labute approximate surface area is 144 Å². The van der Waals surface area contributed by atoms with Crippen LogP contribution in [0.4, 0.5) is 5.69 Å². The van der Waals surface area contributed by atoms with Gasteiger partial charge in [0.15, 0.2) is 0 Å². The third kappa shape index (κ3) is 4.65. The van der Waals surface area contributed by atoms with Crippen LogP contribution in [0.2, 0.25) is 5.02 Å². The highest BCUT2D eigenvalue weighted by molar-refractivity contribution is 8.04. The monoisotopic (exact) mass is 354 g/mol. The Morgan fingerprint density at radius 1 is 1.35 bits per heavy atom. The highest BCUT2D eigenvalue weighted by atomic mass is 35.5. The van der Waals surface area contributed by atoms with Gasteiger partial charge >= 0.3 is 0 Å². The van der Waals surface area contributed by atoms with Gasteiger partial charge in [0.2, 0.25) is 0 Å². The molecule has 0 saturated heterocycles. The van der Waals surface area contributed by atoms with Crippen LogP contribution in [0.15, 0.2) is 28.9 Å². The van der Waals surface area contributed by atoms with E-state index < -0.39 is 0 Å². The standard InChI is InChI=1S/C16H19ClN2O3S/c1-3-6-18-15(20)12-9-11(17)4-5-13(12)19-16(21)14-10(2)22-7-8-23-14/h4-5,9H,3,6-8H2,1-2H3,(H,18,20)(H,19,21). The van der Waals surface area contributed by atoms with Crippen LogP contribution in [0.25, 0.3) is 0 Å². The molecule has 23 heavy (non-hydrogen) atoms. The number of benzene rings is 1. The summed E-state index contributed by atoms with van der Waals surface area (Å²) in [6.07, 6.45) is 0.827. The highest BCUT2D eigenvalue weighted by Crippen LogP contribution is 2.28. The molecule has 0 bridgehead atoms. The average Bonchev–Trinajstić information content (AvgIpc) is 2.54. The van der Waals surface area contributed by atoms with Gasteiger partial charge in [0.25, 0.3) is 11.8 Å². The van der Waals surface area contributed by atoms with E-state index in [0.717, 1.165) is 12.2 Å². The third-order valence-corrected chi connectivity index (χ3v) is 4.55. The molecule has 1 heterocycles. The molecule has 0 radical (unpaired) electrons. The number of ether oxygens (including phenoxy) is 1. The van der Waals surface area contributed by atoms with Gasteiger partial charge in [-0.1, -0.05) is 18.5 Å². The minimum atomic E-state index is -0.279. The van der Waals surface area contributed by atoms with Crippen molar-refractivity contribution in [1.82, 2.24) is 5.32 Å². The van der Waals surface area contributed by atoms with Crippen molar-refractivity contribution < 1.29 is 14.3 Å². The van der Waals surface area contributed by atoms with Crippen molar-refractivity contribution in [2.24, 2.45) is 0 Å². The maximum absolute atomic E-state index is 12.4. The summed E-state index contributed by atoms with van der Waals surface area (Å²) in [6, 6.07) is 4.82. The molecule has 1 aromatic rings. The SMILES string of the molecule is CCCNC(=O)c1cc(Cl)ccc1NC(=O)C1=C(C)OCCS1. The second-order valence-electron chi connectivity index (χ2n) is 4.98. The number of amides is 2. The maximum Gasteiger partial charge on any atom is 0.265 e. The van der Waals surface area contributed by atoms with Crippen LogP contribution in [0.3, 0.4) is 0 Å². The van der Waals surface area contributed by atoms with Crippen LogP contribution in [0.1, 0.15) is 30.6 Å². The number of carbonyl (C=O) groups is 2. The molecule has 7 heteroatoms. The minimum absolute atomic E-state index is 0.261. The fourth-order valence-corrected chi connectivity index (χ4v) is 3.04. The minimum Gasteiger partial charge on any atom is -0.496 e. The molecular formula is C16H19ClN2O3S. The zero-order valence-corrected chi connectivity index (χ0v) is 14.6. The lowest BCUT2D eigenvalue weighted by Gasteiger charge is -2.18. The molecule has 0 unspecified atom stereocenters. The number of thioether (sulfide) groups is 1. The van der Waals surface area contributed by atoms with Crippen molar-refractivity contribution >= 4 is 40.9 Å². The number of hydrogen-bond acceptors (Lipinski definition) is 4. The van der Waals surface area contributed by atoms with Crippen LogP contribution in [-0.2, 0) is 9.53 Å². The van der Waals surface area contributed by atoms with E-state index in [4.69, 9.17) is 16.3 Å². The summed E-state index contributed by atoms with van der Waals surface area (Å²) in [5.74, 6) is 0.788. The first-order valence-corrected chi connectivity index (χ1v) is 8.75. The molecule has 0 spiro atoms. The highest BCUT2D eigenvalue weighted by Gasteiger charge is 2.21. The van der Waals surface area contributed by atoms with Crippen LogP contribution in [0.5, 0.6) is 0 Å². The molecular weight excluding hydrogens is 336 g/mol. The molecule has 2 amide bonds. The first-order valence-electron chi connectivity index (χ1n) is 7.38. The van der Waals surface area contributed by atoms with Crippen LogP contribution < -0.4 is 10.6 Å². The number of nitrogens with one attached hydrogen (secondary N) is 2. The van der Waals surface area contributed by atoms with Crippen LogP contribution in [-0.4, -0.2) is 30.7 Å². The number of hydrogen-bond donors (Lipinski definition) is 2. The van der Waals surface area contributed by atoms with E-state index in [1.807, 2.05) is 6.92 Å². The van der Waals surface area contributed by atoms with E-state index in [2.05, 4.69) is 10.6 Å². The molecule has 1 aliphatic rings. The van der Waals surface area contributed by atoms with Gasteiger partial charge in [0, 0.05) is 17.3 Å². The van der Waals surface area contributed by atoms with Crippen molar-refractivity contribution in [2.75, 3.05) is 24.2 Å². The molecule has 2 N–H and O–H groups in total. The summed E-state index contributed by atoms with van der Waals surface area (Å²) in [7, 11) is 0. The Hall–Kier alpha value is -1.66. The fourth-order valence-electron chi connectivity index (χ4n) is 2.06. The predicted molar refractivity (Wildman–Crippen MR) is 93.8 cm³/mol. The summed E-state index contributed by atoms with van der Waals surface area (Å²) in [5, 5.41) is 6.01. The number of allylic oxidation sites excluding steroid dienone is 1. The molecule has 0 aromatic heterocycles. The van der Waals surface area contributed by atoms with Gasteiger partial charge in [-0.05, 0) is 31.5 Å². The molecule has 0 saturated carbocycles. The quantitative estimate of drug-likeness (QED) is 0.850. The van der Waals surface area contributed by atoms with Gasteiger partial charge in [0.05, 0.1) is 17.9 Å². The maximum atomic E-state index is 12.4. The molecule has 2 rings (SSSR count). The lowest BCUT2D eigenvalue weighted by atomic mass is 10.1. The second-order valence-corrected chi connectivity index (χ2v) is 6.52. The topological polar surface area (TPSA) is 67.4 Å².